The highest BCUT2D eigenvalue weighted by atomic mass is 19.1. The lowest BCUT2D eigenvalue weighted by Crippen LogP contribution is -2.21. The monoisotopic (exact) mass is 451 g/mol. The van der Waals surface area contributed by atoms with E-state index < -0.39 is 17.6 Å². The van der Waals surface area contributed by atoms with Crippen molar-refractivity contribution in [3.05, 3.63) is 83.7 Å². The van der Waals surface area contributed by atoms with E-state index in [1.165, 1.54) is 6.07 Å². The molecule has 170 valence electrons. The van der Waals surface area contributed by atoms with Crippen LogP contribution in [0, 0.1) is 11.6 Å². The predicted molar refractivity (Wildman–Crippen MR) is 121 cm³/mol. The second-order valence-electron chi connectivity index (χ2n) is 7.86. The number of aromatic nitrogens is 3. The van der Waals surface area contributed by atoms with E-state index in [0.29, 0.717) is 24.7 Å². The van der Waals surface area contributed by atoms with Crippen LogP contribution in [0.15, 0.2) is 60.9 Å². The van der Waals surface area contributed by atoms with Gasteiger partial charge in [0.05, 0.1) is 13.0 Å². The number of hydrogen-bond donors (Lipinski definition) is 2. The third-order valence-corrected chi connectivity index (χ3v) is 5.22. The van der Waals surface area contributed by atoms with Crippen molar-refractivity contribution in [1.29, 1.82) is 0 Å². The number of nitrogens with zero attached hydrogens (tertiary/aromatic N) is 4. The number of anilines is 2. The summed E-state index contributed by atoms with van der Waals surface area (Å²) in [5.74, 6) is -1.39. The van der Waals surface area contributed by atoms with Crippen LogP contribution in [-0.4, -0.2) is 44.1 Å². The number of carboxylic acids is 1. The first kappa shape index (κ1) is 22.3. The molecule has 0 aliphatic rings. The normalized spacial score (nSPS) is 11.3. The molecule has 2 heterocycles. The van der Waals surface area contributed by atoms with Gasteiger partial charge in [-0.2, -0.15) is 4.98 Å². The Morgan fingerprint density at radius 3 is 2.70 bits per heavy atom. The molecule has 0 aliphatic heterocycles. The summed E-state index contributed by atoms with van der Waals surface area (Å²) in [6.07, 6.45) is 3.54. The largest absolute Gasteiger partial charge is 0.481 e. The highest BCUT2D eigenvalue weighted by molar-refractivity contribution is 5.77. The lowest BCUT2D eigenvalue weighted by Gasteiger charge is -2.15. The molecule has 0 atom stereocenters. The summed E-state index contributed by atoms with van der Waals surface area (Å²) in [7, 11) is 1.88. The topological polar surface area (TPSA) is 83.3 Å². The van der Waals surface area contributed by atoms with Crippen molar-refractivity contribution in [2.45, 2.75) is 19.5 Å². The van der Waals surface area contributed by atoms with Crippen molar-refractivity contribution in [3.8, 4) is 0 Å². The Kier molecular flexibility index (Phi) is 6.60. The maximum Gasteiger partial charge on any atom is 0.304 e. The van der Waals surface area contributed by atoms with Crippen molar-refractivity contribution >= 4 is 28.6 Å². The van der Waals surface area contributed by atoms with Crippen LogP contribution in [-0.2, 0) is 17.9 Å². The van der Waals surface area contributed by atoms with Gasteiger partial charge < -0.3 is 19.9 Å². The number of halogens is 2. The van der Waals surface area contributed by atoms with Gasteiger partial charge in [-0.15, -0.1) is 0 Å². The molecule has 4 aromatic rings. The second kappa shape index (κ2) is 9.74. The molecule has 0 unspecified atom stereocenters. The SMILES string of the molecule is CN(CCC(=O)O)Cc1ccc(Nc2ncc3ccn(Cc4cc(F)ccc4F)c3n2)cc1. The molecular formula is C24H23F2N5O2. The summed E-state index contributed by atoms with van der Waals surface area (Å²) < 4.78 is 29.3. The van der Waals surface area contributed by atoms with E-state index in [0.717, 1.165) is 28.8 Å². The first-order valence-electron chi connectivity index (χ1n) is 10.4. The van der Waals surface area contributed by atoms with Gasteiger partial charge in [0.1, 0.15) is 17.3 Å². The minimum atomic E-state index is -0.814. The van der Waals surface area contributed by atoms with Crippen LogP contribution in [0.4, 0.5) is 20.4 Å². The Morgan fingerprint density at radius 1 is 1.15 bits per heavy atom. The van der Waals surface area contributed by atoms with Crippen LogP contribution in [0.25, 0.3) is 11.0 Å². The number of aliphatic carboxylic acids is 1. The van der Waals surface area contributed by atoms with Crippen LogP contribution in [0.2, 0.25) is 0 Å². The summed E-state index contributed by atoms with van der Waals surface area (Å²) in [5.41, 5.74) is 2.69. The average Bonchev–Trinajstić information content (AvgIpc) is 3.18. The number of carbonyl (C=O) groups is 1. The fourth-order valence-corrected chi connectivity index (χ4v) is 3.51. The van der Waals surface area contributed by atoms with Gasteiger partial charge in [0.15, 0.2) is 0 Å². The first-order chi connectivity index (χ1) is 15.9. The molecule has 0 fully saturated rings. The van der Waals surface area contributed by atoms with Crippen molar-refractivity contribution in [2.24, 2.45) is 0 Å². The molecule has 0 aliphatic carbocycles. The molecule has 0 saturated heterocycles. The fraction of sp³-hybridized carbons (Fsp3) is 0.208. The Morgan fingerprint density at radius 2 is 1.94 bits per heavy atom. The molecule has 2 aromatic heterocycles. The molecule has 4 rings (SSSR count). The fourth-order valence-electron chi connectivity index (χ4n) is 3.51. The van der Waals surface area contributed by atoms with Gasteiger partial charge in [0, 0.05) is 42.1 Å². The first-order valence-corrected chi connectivity index (χ1v) is 10.4. The Hall–Kier alpha value is -3.85. The standard InChI is InChI=1S/C24H23F2N5O2/c1-30(10-9-22(32)33)14-16-2-5-20(6-3-16)28-24-27-13-17-8-11-31(23(17)29-24)15-18-12-19(25)4-7-21(18)26/h2-8,11-13H,9-10,14-15H2,1H3,(H,32,33)(H,27,28,29). The van der Waals surface area contributed by atoms with E-state index in [2.05, 4.69) is 15.3 Å². The number of rotatable bonds is 9. The van der Waals surface area contributed by atoms with Gasteiger partial charge in [-0.3, -0.25) is 4.79 Å². The highest BCUT2D eigenvalue weighted by Crippen LogP contribution is 2.20. The minimum absolute atomic E-state index is 0.101. The highest BCUT2D eigenvalue weighted by Gasteiger charge is 2.10. The van der Waals surface area contributed by atoms with Crippen molar-refractivity contribution < 1.29 is 18.7 Å². The molecule has 7 nitrogen and oxygen atoms in total. The van der Waals surface area contributed by atoms with Gasteiger partial charge in [0.2, 0.25) is 5.95 Å². The van der Waals surface area contributed by atoms with Crippen molar-refractivity contribution in [1.82, 2.24) is 19.4 Å². The molecule has 33 heavy (non-hydrogen) atoms. The number of carboxylic acid groups (broad SMARTS) is 1. The Bertz CT molecular complexity index is 1270. The molecule has 2 N–H and O–H groups in total. The molecular weight excluding hydrogens is 428 g/mol. The molecule has 0 saturated carbocycles. The number of nitrogens with one attached hydrogen (secondary N) is 1. The third kappa shape index (κ3) is 5.69. The minimum Gasteiger partial charge on any atom is -0.481 e. The zero-order valence-electron chi connectivity index (χ0n) is 18.0. The van der Waals surface area contributed by atoms with Gasteiger partial charge in [-0.1, -0.05) is 12.1 Å². The maximum absolute atomic E-state index is 14.1. The third-order valence-electron chi connectivity index (χ3n) is 5.22. The van der Waals surface area contributed by atoms with E-state index in [-0.39, 0.29) is 18.5 Å². The van der Waals surface area contributed by atoms with Crippen LogP contribution in [0.1, 0.15) is 17.5 Å². The van der Waals surface area contributed by atoms with Crippen LogP contribution in [0.5, 0.6) is 0 Å². The van der Waals surface area contributed by atoms with E-state index in [1.54, 1.807) is 17.0 Å². The van der Waals surface area contributed by atoms with Gasteiger partial charge in [-0.25, -0.2) is 13.8 Å². The van der Waals surface area contributed by atoms with Gasteiger partial charge in [-0.05, 0) is 49.0 Å². The number of hydrogen-bond acceptors (Lipinski definition) is 5. The molecule has 2 aromatic carbocycles. The van der Waals surface area contributed by atoms with Crippen LogP contribution in [0.3, 0.4) is 0 Å². The number of benzene rings is 2. The lowest BCUT2D eigenvalue weighted by molar-refractivity contribution is -0.137. The smallest absolute Gasteiger partial charge is 0.304 e. The van der Waals surface area contributed by atoms with Crippen LogP contribution < -0.4 is 5.32 Å². The van der Waals surface area contributed by atoms with Gasteiger partial charge >= 0.3 is 5.97 Å². The molecule has 0 radical (unpaired) electrons. The summed E-state index contributed by atoms with van der Waals surface area (Å²) in [6.45, 7) is 1.26. The predicted octanol–water partition coefficient (Wildman–Crippen LogP) is 4.41. The summed E-state index contributed by atoms with van der Waals surface area (Å²) in [6, 6.07) is 12.9. The molecule has 0 spiro atoms. The Labute approximate surface area is 189 Å². The van der Waals surface area contributed by atoms with E-state index in [4.69, 9.17) is 5.11 Å². The van der Waals surface area contributed by atoms with Gasteiger partial charge in [0.25, 0.3) is 0 Å². The molecule has 0 bridgehead atoms. The van der Waals surface area contributed by atoms with E-state index >= 15 is 0 Å². The summed E-state index contributed by atoms with van der Waals surface area (Å²) in [4.78, 5) is 21.5. The lowest BCUT2D eigenvalue weighted by atomic mass is 10.2. The summed E-state index contributed by atoms with van der Waals surface area (Å²) in [5, 5.41) is 12.7. The summed E-state index contributed by atoms with van der Waals surface area (Å²) >= 11 is 0. The number of fused-ring (bicyclic) bond motifs is 1. The maximum atomic E-state index is 14.1. The zero-order valence-corrected chi connectivity index (χ0v) is 18.0. The molecule has 0 amide bonds. The van der Waals surface area contributed by atoms with E-state index in [9.17, 15) is 13.6 Å². The van der Waals surface area contributed by atoms with E-state index in [1.807, 2.05) is 42.3 Å². The van der Waals surface area contributed by atoms with Crippen LogP contribution >= 0.6 is 0 Å². The quantitative estimate of drug-likeness (QED) is 0.392. The molecule has 9 heteroatoms. The van der Waals surface area contributed by atoms with Crippen molar-refractivity contribution in [3.63, 3.8) is 0 Å². The second-order valence-corrected chi connectivity index (χ2v) is 7.86. The zero-order chi connectivity index (χ0) is 23.4. The van der Waals surface area contributed by atoms with Crippen molar-refractivity contribution in [2.75, 3.05) is 18.9 Å². The Balaban J connectivity index is 1.46. The average molecular weight is 451 g/mol.